The summed E-state index contributed by atoms with van der Waals surface area (Å²) >= 11 is 4.36. The van der Waals surface area contributed by atoms with Crippen LogP contribution in [0.5, 0.6) is 0 Å². The van der Waals surface area contributed by atoms with E-state index < -0.39 is 0 Å². The molecule has 0 nitrogen and oxygen atoms in total. The van der Waals surface area contributed by atoms with Gasteiger partial charge in [0.25, 0.3) is 0 Å². The number of hydrogen-bond donors (Lipinski definition) is 1. The van der Waals surface area contributed by atoms with E-state index in [1.807, 2.05) is 0 Å². The minimum absolute atomic E-state index is 0. The summed E-state index contributed by atoms with van der Waals surface area (Å²) in [5.74, 6) is 0. The fourth-order valence-corrected chi connectivity index (χ4v) is 1.45. The summed E-state index contributed by atoms with van der Waals surface area (Å²) in [4.78, 5) is 0. The summed E-state index contributed by atoms with van der Waals surface area (Å²) in [6.45, 7) is 0. The van der Waals surface area contributed by atoms with Gasteiger partial charge in [-0.3, -0.25) is 0 Å². The van der Waals surface area contributed by atoms with E-state index >= 15 is 0 Å². The van der Waals surface area contributed by atoms with Crippen molar-refractivity contribution in [3.05, 3.63) is 0 Å². The van der Waals surface area contributed by atoms with Crippen LogP contribution >= 0.6 is 12.6 Å². The van der Waals surface area contributed by atoms with E-state index in [4.69, 9.17) is 0 Å². The van der Waals surface area contributed by atoms with Crippen LogP contribution in [-0.2, 0) is 21.1 Å². The Balaban J connectivity index is 0.000000490. The molecule has 0 N–H and O–H groups in total. The SMILES string of the molecule is SC1CCCCC1.[Mo]. The average Bonchev–Trinajstić information content (AvgIpc) is 1.69. The summed E-state index contributed by atoms with van der Waals surface area (Å²) in [7, 11) is 0. The molecular weight excluding hydrogens is 200 g/mol. The van der Waals surface area contributed by atoms with Crippen LogP contribution in [0.2, 0.25) is 0 Å². The molecule has 1 aliphatic carbocycles. The molecule has 1 aliphatic rings. The van der Waals surface area contributed by atoms with Crippen molar-refractivity contribution in [2.45, 2.75) is 37.4 Å². The molecule has 1 rings (SSSR count). The fraction of sp³-hybridized carbons (Fsp3) is 1.00. The molecule has 1 saturated carbocycles. The number of rotatable bonds is 0. The Morgan fingerprint density at radius 3 is 1.75 bits per heavy atom. The largest absolute Gasteiger partial charge is 0.176 e. The van der Waals surface area contributed by atoms with Crippen molar-refractivity contribution in [3.8, 4) is 0 Å². The average molecular weight is 212 g/mol. The monoisotopic (exact) mass is 214 g/mol. The fourth-order valence-electron chi connectivity index (χ4n) is 1.08. The molecule has 0 heterocycles. The first-order valence-corrected chi connectivity index (χ1v) is 3.59. The third kappa shape index (κ3) is 3.14. The molecule has 0 spiro atoms. The molecule has 8 heavy (non-hydrogen) atoms. The van der Waals surface area contributed by atoms with Crippen molar-refractivity contribution in [1.29, 1.82) is 0 Å². The van der Waals surface area contributed by atoms with Gasteiger partial charge in [-0.05, 0) is 12.8 Å². The Morgan fingerprint density at radius 1 is 1.00 bits per heavy atom. The summed E-state index contributed by atoms with van der Waals surface area (Å²) in [6, 6.07) is 0. The van der Waals surface area contributed by atoms with Crippen molar-refractivity contribution in [1.82, 2.24) is 0 Å². The minimum atomic E-state index is 0. The Morgan fingerprint density at radius 2 is 1.50 bits per heavy atom. The third-order valence-corrected chi connectivity index (χ3v) is 2.09. The molecule has 0 amide bonds. The van der Waals surface area contributed by atoms with E-state index in [1.165, 1.54) is 32.1 Å². The molecular formula is C6H12MoS. The Kier molecular flexibility index (Phi) is 5.51. The van der Waals surface area contributed by atoms with Gasteiger partial charge in [0.1, 0.15) is 0 Å². The number of thiol groups is 1. The van der Waals surface area contributed by atoms with Crippen LogP contribution in [0.3, 0.4) is 0 Å². The van der Waals surface area contributed by atoms with E-state index in [1.54, 1.807) is 0 Å². The zero-order valence-corrected chi connectivity index (χ0v) is 7.87. The van der Waals surface area contributed by atoms with E-state index in [9.17, 15) is 0 Å². The van der Waals surface area contributed by atoms with Gasteiger partial charge in [0.2, 0.25) is 0 Å². The Labute approximate surface area is 71.1 Å². The van der Waals surface area contributed by atoms with Gasteiger partial charge in [-0.1, -0.05) is 19.3 Å². The minimum Gasteiger partial charge on any atom is -0.176 e. The molecule has 0 aromatic rings. The predicted octanol–water partition coefficient (Wildman–Crippen LogP) is 2.25. The third-order valence-electron chi connectivity index (χ3n) is 1.57. The second kappa shape index (κ2) is 4.87. The van der Waals surface area contributed by atoms with Gasteiger partial charge in [-0.25, -0.2) is 0 Å². The second-order valence-corrected chi connectivity index (χ2v) is 3.02. The van der Waals surface area contributed by atoms with Crippen LogP contribution in [0.15, 0.2) is 0 Å². The Hall–Kier alpha value is 1.04. The topological polar surface area (TPSA) is 0 Å². The van der Waals surface area contributed by atoms with Gasteiger partial charge < -0.3 is 0 Å². The quantitative estimate of drug-likeness (QED) is 0.462. The first-order valence-electron chi connectivity index (χ1n) is 3.07. The molecule has 0 aromatic heterocycles. The van der Waals surface area contributed by atoms with E-state index in [0.717, 1.165) is 5.25 Å². The smallest absolute Gasteiger partial charge is 0.00168 e. The van der Waals surface area contributed by atoms with Crippen molar-refractivity contribution < 1.29 is 21.1 Å². The van der Waals surface area contributed by atoms with Crippen LogP contribution in [0.25, 0.3) is 0 Å². The normalized spacial score (nSPS) is 22.1. The van der Waals surface area contributed by atoms with Gasteiger partial charge >= 0.3 is 0 Å². The molecule has 0 aliphatic heterocycles. The second-order valence-electron chi connectivity index (χ2n) is 2.29. The van der Waals surface area contributed by atoms with Gasteiger partial charge in [0, 0.05) is 26.3 Å². The maximum absolute atomic E-state index is 4.36. The summed E-state index contributed by atoms with van der Waals surface area (Å²) in [6.07, 6.45) is 6.96. The number of hydrogen-bond acceptors (Lipinski definition) is 1. The maximum Gasteiger partial charge on any atom is 0.00168 e. The summed E-state index contributed by atoms with van der Waals surface area (Å²) in [5.41, 5.74) is 0. The molecule has 0 unspecified atom stereocenters. The van der Waals surface area contributed by atoms with Gasteiger partial charge in [-0.15, -0.1) is 0 Å². The van der Waals surface area contributed by atoms with E-state index in [2.05, 4.69) is 12.6 Å². The molecule has 0 atom stereocenters. The van der Waals surface area contributed by atoms with E-state index in [-0.39, 0.29) is 21.1 Å². The van der Waals surface area contributed by atoms with Crippen LogP contribution < -0.4 is 0 Å². The van der Waals surface area contributed by atoms with Crippen LogP contribution in [0.1, 0.15) is 32.1 Å². The predicted molar refractivity (Wildman–Crippen MR) is 35.9 cm³/mol. The maximum atomic E-state index is 4.36. The van der Waals surface area contributed by atoms with Crippen molar-refractivity contribution >= 4 is 12.6 Å². The first-order chi connectivity index (χ1) is 3.39. The van der Waals surface area contributed by atoms with Crippen molar-refractivity contribution in [2.24, 2.45) is 0 Å². The van der Waals surface area contributed by atoms with Gasteiger partial charge in [-0.2, -0.15) is 12.6 Å². The first kappa shape index (κ1) is 9.04. The molecule has 0 radical (unpaired) electrons. The Bertz CT molecular complexity index is 50.5. The van der Waals surface area contributed by atoms with Gasteiger partial charge in [0.15, 0.2) is 0 Å². The van der Waals surface area contributed by atoms with Crippen LogP contribution in [0, 0.1) is 0 Å². The molecule has 48 valence electrons. The molecule has 1 fully saturated rings. The zero-order chi connectivity index (χ0) is 5.11. The standard InChI is InChI=1S/C6H12S.Mo/c7-6-4-2-1-3-5-6;/h6-7H,1-5H2;. The molecule has 0 aromatic carbocycles. The molecule has 0 saturated heterocycles. The van der Waals surface area contributed by atoms with Crippen LogP contribution in [0.4, 0.5) is 0 Å². The van der Waals surface area contributed by atoms with Crippen molar-refractivity contribution in [2.75, 3.05) is 0 Å². The van der Waals surface area contributed by atoms with Crippen molar-refractivity contribution in [3.63, 3.8) is 0 Å². The summed E-state index contributed by atoms with van der Waals surface area (Å²) in [5, 5.41) is 0.730. The van der Waals surface area contributed by atoms with Gasteiger partial charge in [0.05, 0.1) is 0 Å². The zero-order valence-electron chi connectivity index (χ0n) is 4.97. The molecule has 0 bridgehead atoms. The van der Waals surface area contributed by atoms with Crippen LogP contribution in [-0.4, -0.2) is 5.25 Å². The molecule has 2 heteroatoms. The van der Waals surface area contributed by atoms with E-state index in [0.29, 0.717) is 0 Å². The summed E-state index contributed by atoms with van der Waals surface area (Å²) < 4.78 is 0.